The zero-order valence-electron chi connectivity index (χ0n) is 12.4. The number of rotatable bonds is 5. The van der Waals surface area contributed by atoms with Gasteiger partial charge in [-0.2, -0.15) is 0 Å². The monoisotopic (exact) mass is 284 g/mol. The number of hydrogen-bond donors (Lipinski definition) is 2. The molecule has 1 atom stereocenters. The number of aliphatic hydroxyl groups excluding tert-OH is 1. The molecule has 108 valence electrons. The van der Waals surface area contributed by atoms with Gasteiger partial charge in [0.15, 0.2) is 0 Å². The molecule has 1 unspecified atom stereocenters. The van der Waals surface area contributed by atoms with E-state index in [1.807, 2.05) is 20.8 Å². The van der Waals surface area contributed by atoms with Gasteiger partial charge in [-0.25, -0.2) is 4.98 Å². The first kappa shape index (κ1) is 16.1. The Labute approximate surface area is 119 Å². The molecule has 19 heavy (non-hydrogen) atoms. The third-order valence-corrected chi connectivity index (χ3v) is 3.62. The van der Waals surface area contributed by atoms with Crippen molar-refractivity contribution in [1.29, 1.82) is 0 Å². The molecule has 1 rings (SSSR count). The van der Waals surface area contributed by atoms with Crippen molar-refractivity contribution in [2.24, 2.45) is 5.92 Å². The Morgan fingerprint density at radius 3 is 2.58 bits per heavy atom. The molecule has 0 aliphatic heterocycles. The second-order valence-corrected chi connectivity index (χ2v) is 7.12. The summed E-state index contributed by atoms with van der Waals surface area (Å²) in [5.41, 5.74) is 2.36. The normalized spacial score (nSPS) is 13.6. The van der Waals surface area contributed by atoms with E-state index >= 15 is 0 Å². The zero-order chi connectivity index (χ0) is 14.6. The molecule has 5 heteroatoms. The average Bonchev–Trinajstić information content (AvgIpc) is 2.75. The number of amides is 1. The number of aromatic nitrogens is 1. The molecule has 1 amide bonds. The van der Waals surface area contributed by atoms with E-state index in [-0.39, 0.29) is 24.0 Å². The van der Waals surface area contributed by atoms with E-state index in [0.717, 1.165) is 12.1 Å². The maximum Gasteiger partial charge on any atom is 0.263 e. The first-order valence-electron chi connectivity index (χ1n) is 6.61. The van der Waals surface area contributed by atoms with Crippen LogP contribution in [0.25, 0.3) is 0 Å². The highest BCUT2D eigenvalue weighted by atomic mass is 32.1. The summed E-state index contributed by atoms with van der Waals surface area (Å²) >= 11 is 1.35. The number of nitrogens with one attached hydrogen (secondary N) is 1. The van der Waals surface area contributed by atoms with Crippen molar-refractivity contribution in [3.8, 4) is 0 Å². The van der Waals surface area contributed by atoms with Gasteiger partial charge in [0.05, 0.1) is 23.9 Å². The predicted molar refractivity (Wildman–Crippen MR) is 78.6 cm³/mol. The van der Waals surface area contributed by atoms with Crippen molar-refractivity contribution < 1.29 is 9.90 Å². The molecule has 4 nitrogen and oxygen atoms in total. The zero-order valence-corrected chi connectivity index (χ0v) is 13.2. The van der Waals surface area contributed by atoms with Crippen molar-refractivity contribution >= 4 is 17.2 Å². The minimum absolute atomic E-state index is 0.0342. The van der Waals surface area contributed by atoms with Crippen LogP contribution in [0.4, 0.5) is 0 Å². The summed E-state index contributed by atoms with van der Waals surface area (Å²) in [5, 5.41) is 12.2. The van der Waals surface area contributed by atoms with Gasteiger partial charge < -0.3 is 10.4 Å². The SMILES string of the molecule is CC(C)CC(CO)NC(=O)c1scnc1C(C)(C)C. The van der Waals surface area contributed by atoms with Gasteiger partial charge in [-0.15, -0.1) is 11.3 Å². The van der Waals surface area contributed by atoms with Gasteiger partial charge >= 0.3 is 0 Å². The maximum atomic E-state index is 12.3. The fourth-order valence-corrected chi connectivity index (χ4v) is 2.84. The minimum Gasteiger partial charge on any atom is -0.394 e. The quantitative estimate of drug-likeness (QED) is 0.873. The molecule has 2 N–H and O–H groups in total. The van der Waals surface area contributed by atoms with E-state index in [2.05, 4.69) is 24.1 Å². The number of nitrogens with zero attached hydrogens (tertiary/aromatic N) is 1. The molecule has 0 aliphatic carbocycles. The highest BCUT2D eigenvalue weighted by Gasteiger charge is 2.26. The fourth-order valence-electron chi connectivity index (χ4n) is 1.94. The van der Waals surface area contributed by atoms with Crippen LogP contribution < -0.4 is 5.32 Å². The van der Waals surface area contributed by atoms with Gasteiger partial charge in [-0.3, -0.25) is 4.79 Å². The number of thiazole rings is 1. The Bertz CT molecular complexity index is 421. The number of aliphatic hydroxyl groups is 1. The molecule has 0 saturated carbocycles. The highest BCUT2D eigenvalue weighted by molar-refractivity contribution is 7.11. The summed E-state index contributed by atoms with van der Waals surface area (Å²) in [7, 11) is 0. The van der Waals surface area contributed by atoms with Crippen LogP contribution in [-0.2, 0) is 5.41 Å². The molecule has 0 aliphatic rings. The fraction of sp³-hybridized carbons (Fsp3) is 0.714. The largest absolute Gasteiger partial charge is 0.394 e. The lowest BCUT2D eigenvalue weighted by Gasteiger charge is -2.20. The topological polar surface area (TPSA) is 62.2 Å². The van der Waals surface area contributed by atoms with Crippen LogP contribution in [0.15, 0.2) is 5.51 Å². The summed E-state index contributed by atoms with van der Waals surface area (Å²) in [6.45, 7) is 10.2. The smallest absolute Gasteiger partial charge is 0.263 e. The summed E-state index contributed by atoms with van der Waals surface area (Å²) in [4.78, 5) is 17.2. The number of carbonyl (C=O) groups excluding carboxylic acids is 1. The molecule has 1 aromatic heterocycles. The molecule has 1 heterocycles. The van der Waals surface area contributed by atoms with E-state index < -0.39 is 0 Å². The Hall–Kier alpha value is -0.940. The Balaban J connectivity index is 2.81. The van der Waals surface area contributed by atoms with E-state index in [9.17, 15) is 9.90 Å². The van der Waals surface area contributed by atoms with Crippen LogP contribution in [0.1, 0.15) is 56.4 Å². The predicted octanol–water partition coefficient (Wildman–Crippen LogP) is 2.58. The Morgan fingerprint density at radius 2 is 2.11 bits per heavy atom. The van der Waals surface area contributed by atoms with Crippen LogP contribution in [0, 0.1) is 5.92 Å². The second-order valence-electron chi connectivity index (χ2n) is 6.26. The van der Waals surface area contributed by atoms with E-state index in [1.165, 1.54) is 11.3 Å². The van der Waals surface area contributed by atoms with Crippen LogP contribution >= 0.6 is 11.3 Å². The third kappa shape index (κ3) is 4.58. The van der Waals surface area contributed by atoms with E-state index in [1.54, 1.807) is 5.51 Å². The van der Waals surface area contributed by atoms with Crippen LogP contribution in [0.2, 0.25) is 0 Å². The molecule has 0 saturated heterocycles. The number of hydrogen-bond acceptors (Lipinski definition) is 4. The van der Waals surface area contributed by atoms with Gasteiger partial charge in [0.1, 0.15) is 4.88 Å². The molecule has 0 aromatic carbocycles. The molecule has 1 aromatic rings. The summed E-state index contributed by atoms with van der Waals surface area (Å²) < 4.78 is 0. The Kier molecular flexibility index (Phi) is 5.50. The molecule has 0 fully saturated rings. The lowest BCUT2D eigenvalue weighted by molar-refractivity contribution is 0.0910. The van der Waals surface area contributed by atoms with Crippen molar-refractivity contribution in [2.45, 2.75) is 52.5 Å². The first-order valence-corrected chi connectivity index (χ1v) is 7.49. The first-order chi connectivity index (χ1) is 8.75. The Morgan fingerprint density at radius 1 is 1.47 bits per heavy atom. The van der Waals surface area contributed by atoms with Crippen molar-refractivity contribution in [1.82, 2.24) is 10.3 Å². The number of carbonyl (C=O) groups is 1. The molecular weight excluding hydrogens is 260 g/mol. The average molecular weight is 284 g/mol. The molecule has 0 spiro atoms. The standard InChI is InChI=1S/C14H24N2O2S/c1-9(2)6-10(7-17)16-13(18)11-12(14(3,4)5)15-8-19-11/h8-10,17H,6-7H2,1-5H3,(H,16,18). The van der Waals surface area contributed by atoms with E-state index in [0.29, 0.717) is 10.8 Å². The lowest BCUT2D eigenvalue weighted by Crippen LogP contribution is -2.39. The van der Waals surface area contributed by atoms with Crippen molar-refractivity contribution in [3.05, 3.63) is 16.1 Å². The van der Waals surface area contributed by atoms with Gasteiger partial charge in [-0.05, 0) is 12.3 Å². The van der Waals surface area contributed by atoms with Gasteiger partial charge in [0.2, 0.25) is 0 Å². The summed E-state index contributed by atoms with van der Waals surface area (Å²) in [5.74, 6) is 0.299. The molecule has 0 radical (unpaired) electrons. The maximum absolute atomic E-state index is 12.3. The lowest BCUT2D eigenvalue weighted by atomic mass is 9.91. The third-order valence-electron chi connectivity index (χ3n) is 2.80. The van der Waals surface area contributed by atoms with E-state index in [4.69, 9.17) is 0 Å². The van der Waals surface area contributed by atoms with Gasteiger partial charge in [0, 0.05) is 5.41 Å². The molecule has 0 bridgehead atoms. The van der Waals surface area contributed by atoms with Gasteiger partial charge in [0.25, 0.3) is 5.91 Å². The van der Waals surface area contributed by atoms with Crippen LogP contribution in [0.5, 0.6) is 0 Å². The van der Waals surface area contributed by atoms with Crippen molar-refractivity contribution in [2.75, 3.05) is 6.61 Å². The summed E-state index contributed by atoms with van der Waals surface area (Å²) in [6, 6.07) is -0.192. The summed E-state index contributed by atoms with van der Waals surface area (Å²) in [6.07, 6.45) is 0.770. The second kappa shape index (κ2) is 6.48. The highest BCUT2D eigenvalue weighted by Crippen LogP contribution is 2.27. The minimum atomic E-state index is -0.192. The van der Waals surface area contributed by atoms with Gasteiger partial charge in [-0.1, -0.05) is 34.6 Å². The van der Waals surface area contributed by atoms with Crippen LogP contribution in [0.3, 0.4) is 0 Å². The van der Waals surface area contributed by atoms with Crippen LogP contribution in [-0.4, -0.2) is 28.6 Å². The molecular formula is C14H24N2O2S. The van der Waals surface area contributed by atoms with Crippen molar-refractivity contribution in [3.63, 3.8) is 0 Å².